The number of urea groups is 1. The van der Waals surface area contributed by atoms with Crippen LogP contribution in [0.25, 0.3) is 0 Å². The van der Waals surface area contributed by atoms with Gasteiger partial charge < -0.3 is 16.0 Å². The predicted molar refractivity (Wildman–Crippen MR) is 80.6 cm³/mol. The molecule has 1 fully saturated rings. The lowest BCUT2D eigenvalue weighted by Gasteiger charge is -2.22. The molecule has 0 bridgehead atoms. The van der Waals surface area contributed by atoms with Crippen LogP contribution in [0.15, 0.2) is 29.2 Å². The number of hydrogen-bond donors (Lipinski definition) is 3. The molecule has 0 aliphatic carbocycles. The first-order valence-electron chi connectivity index (χ1n) is 6.75. The van der Waals surface area contributed by atoms with Crippen LogP contribution in [-0.2, 0) is 14.8 Å². The molecule has 1 aromatic carbocycles. The minimum atomic E-state index is -3.99. The molecule has 1 saturated heterocycles. The molecule has 0 spiro atoms. The SMILES string of the molecule is CNc1ccc(S(=O)(=O)NC(=O)N2CCC[C@H]2C(N)=O)cc1. The third-order valence-electron chi connectivity index (χ3n) is 3.52. The van der Waals surface area contributed by atoms with Crippen LogP contribution in [0.5, 0.6) is 0 Å². The first-order valence-corrected chi connectivity index (χ1v) is 8.24. The Kier molecular flexibility index (Phi) is 4.55. The summed E-state index contributed by atoms with van der Waals surface area (Å²) in [6.07, 6.45) is 1.05. The van der Waals surface area contributed by atoms with Gasteiger partial charge in [-0.15, -0.1) is 0 Å². The summed E-state index contributed by atoms with van der Waals surface area (Å²) in [5.41, 5.74) is 5.96. The van der Waals surface area contributed by atoms with Gasteiger partial charge >= 0.3 is 6.03 Å². The van der Waals surface area contributed by atoms with Gasteiger partial charge in [-0.05, 0) is 37.1 Å². The molecule has 1 aromatic rings. The average Bonchev–Trinajstić information content (AvgIpc) is 2.96. The summed E-state index contributed by atoms with van der Waals surface area (Å²) in [5, 5.41) is 2.87. The van der Waals surface area contributed by atoms with E-state index >= 15 is 0 Å². The standard InChI is InChI=1S/C13H18N4O4S/c1-15-9-4-6-10(7-5-9)22(20,21)16-13(19)17-8-2-3-11(17)12(14)18/h4-7,11,15H,2-3,8H2,1H3,(H2,14,18)(H,16,19)/t11-/m0/s1. The van der Waals surface area contributed by atoms with E-state index in [-0.39, 0.29) is 4.90 Å². The highest BCUT2D eigenvalue weighted by molar-refractivity contribution is 7.90. The number of nitrogens with two attached hydrogens (primary N) is 1. The Morgan fingerprint density at radius 1 is 1.27 bits per heavy atom. The van der Waals surface area contributed by atoms with Crippen molar-refractivity contribution >= 4 is 27.6 Å². The smallest absolute Gasteiger partial charge is 0.331 e. The molecule has 0 aromatic heterocycles. The number of anilines is 1. The summed E-state index contributed by atoms with van der Waals surface area (Å²) in [7, 11) is -2.28. The molecule has 0 radical (unpaired) electrons. The van der Waals surface area contributed by atoms with Gasteiger partial charge in [0.15, 0.2) is 0 Å². The molecule has 22 heavy (non-hydrogen) atoms. The molecule has 9 heteroatoms. The van der Waals surface area contributed by atoms with E-state index < -0.39 is 28.0 Å². The van der Waals surface area contributed by atoms with E-state index in [1.807, 2.05) is 4.72 Å². The highest BCUT2D eigenvalue weighted by Crippen LogP contribution is 2.18. The van der Waals surface area contributed by atoms with E-state index in [0.717, 1.165) is 10.6 Å². The summed E-state index contributed by atoms with van der Waals surface area (Å²) in [6.45, 7) is 0.299. The van der Waals surface area contributed by atoms with Crippen molar-refractivity contribution in [1.29, 1.82) is 0 Å². The summed E-state index contributed by atoms with van der Waals surface area (Å²) in [5.74, 6) is -0.636. The molecule has 4 N–H and O–H groups in total. The topological polar surface area (TPSA) is 122 Å². The normalized spacial score (nSPS) is 18.0. The second-order valence-electron chi connectivity index (χ2n) is 4.94. The van der Waals surface area contributed by atoms with Crippen LogP contribution in [0, 0.1) is 0 Å². The van der Waals surface area contributed by atoms with E-state index in [1.165, 1.54) is 12.1 Å². The van der Waals surface area contributed by atoms with Crippen molar-refractivity contribution in [3.63, 3.8) is 0 Å². The maximum atomic E-state index is 12.2. The van der Waals surface area contributed by atoms with Gasteiger partial charge in [0.05, 0.1) is 4.90 Å². The second kappa shape index (κ2) is 6.22. The van der Waals surface area contributed by atoms with Gasteiger partial charge in [0.2, 0.25) is 5.91 Å². The van der Waals surface area contributed by atoms with Crippen molar-refractivity contribution in [3.8, 4) is 0 Å². The van der Waals surface area contributed by atoms with Gasteiger partial charge in [0.1, 0.15) is 6.04 Å². The van der Waals surface area contributed by atoms with Crippen LogP contribution >= 0.6 is 0 Å². The number of carbonyl (C=O) groups is 2. The maximum Gasteiger partial charge on any atom is 0.331 e. The minimum Gasteiger partial charge on any atom is -0.388 e. The number of carbonyl (C=O) groups excluding carboxylic acids is 2. The zero-order valence-corrected chi connectivity index (χ0v) is 12.9. The Bertz CT molecular complexity index is 672. The zero-order chi connectivity index (χ0) is 16.3. The molecular formula is C13H18N4O4S. The number of benzene rings is 1. The molecule has 3 amide bonds. The molecule has 0 unspecified atom stereocenters. The lowest BCUT2D eigenvalue weighted by Crippen LogP contribution is -2.49. The molecule has 1 aliphatic heterocycles. The van der Waals surface area contributed by atoms with Crippen molar-refractivity contribution in [2.24, 2.45) is 5.73 Å². The summed E-state index contributed by atoms with van der Waals surface area (Å²) in [6, 6.07) is 4.34. The van der Waals surface area contributed by atoms with Crippen molar-refractivity contribution in [3.05, 3.63) is 24.3 Å². The molecule has 120 valence electrons. The van der Waals surface area contributed by atoms with E-state index in [0.29, 0.717) is 19.4 Å². The third-order valence-corrected chi connectivity index (χ3v) is 4.85. The van der Waals surface area contributed by atoms with E-state index in [4.69, 9.17) is 5.73 Å². The monoisotopic (exact) mass is 326 g/mol. The Morgan fingerprint density at radius 2 is 1.91 bits per heavy atom. The number of primary amides is 1. The largest absolute Gasteiger partial charge is 0.388 e. The molecule has 0 saturated carbocycles. The van der Waals surface area contributed by atoms with Crippen molar-refractivity contribution in [1.82, 2.24) is 9.62 Å². The fraction of sp³-hybridized carbons (Fsp3) is 0.385. The number of rotatable bonds is 4. The number of hydrogen-bond acceptors (Lipinski definition) is 5. The Labute approximate surface area is 128 Å². The molecule has 1 heterocycles. The van der Waals surface area contributed by atoms with Crippen molar-refractivity contribution < 1.29 is 18.0 Å². The summed E-state index contributed by atoms with van der Waals surface area (Å²) in [4.78, 5) is 24.5. The fourth-order valence-corrected chi connectivity index (χ4v) is 3.30. The second-order valence-corrected chi connectivity index (χ2v) is 6.62. The first-order chi connectivity index (χ1) is 10.3. The van der Waals surface area contributed by atoms with E-state index in [2.05, 4.69) is 5.32 Å². The zero-order valence-electron chi connectivity index (χ0n) is 12.1. The van der Waals surface area contributed by atoms with Crippen molar-refractivity contribution in [2.75, 3.05) is 18.9 Å². The molecule has 8 nitrogen and oxygen atoms in total. The summed E-state index contributed by atoms with van der Waals surface area (Å²) < 4.78 is 26.3. The van der Waals surface area contributed by atoms with Gasteiger partial charge in [-0.3, -0.25) is 4.79 Å². The Hall–Kier alpha value is -2.29. The average molecular weight is 326 g/mol. The number of likely N-dealkylation sites (tertiary alicyclic amines) is 1. The predicted octanol–water partition coefficient (Wildman–Crippen LogP) is 0.0763. The van der Waals surface area contributed by atoms with Crippen LogP contribution in [0.2, 0.25) is 0 Å². The minimum absolute atomic E-state index is 0.0327. The van der Waals surface area contributed by atoms with Gasteiger partial charge in [0, 0.05) is 19.3 Å². The molecule has 1 atom stereocenters. The van der Waals surface area contributed by atoms with Gasteiger partial charge in [-0.25, -0.2) is 17.9 Å². The lowest BCUT2D eigenvalue weighted by molar-refractivity contribution is -0.121. The highest BCUT2D eigenvalue weighted by Gasteiger charge is 2.34. The molecule has 2 rings (SSSR count). The fourth-order valence-electron chi connectivity index (χ4n) is 2.34. The first kappa shape index (κ1) is 16.1. The van der Waals surface area contributed by atoms with E-state index in [1.54, 1.807) is 19.2 Å². The number of amides is 3. The number of nitrogens with zero attached hydrogens (tertiary/aromatic N) is 1. The van der Waals surface area contributed by atoms with Crippen LogP contribution in [0.3, 0.4) is 0 Å². The van der Waals surface area contributed by atoms with Gasteiger partial charge in [0.25, 0.3) is 10.0 Å². The highest BCUT2D eigenvalue weighted by atomic mass is 32.2. The van der Waals surface area contributed by atoms with Gasteiger partial charge in [-0.1, -0.05) is 0 Å². The van der Waals surface area contributed by atoms with Crippen LogP contribution in [0.4, 0.5) is 10.5 Å². The lowest BCUT2D eigenvalue weighted by atomic mass is 10.2. The Balaban J connectivity index is 2.13. The van der Waals surface area contributed by atoms with Crippen LogP contribution < -0.4 is 15.8 Å². The van der Waals surface area contributed by atoms with Crippen LogP contribution in [0.1, 0.15) is 12.8 Å². The summed E-state index contributed by atoms with van der Waals surface area (Å²) >= 11 is 0. The van der Waals surface area contributed by atoms with Gasteiger partial charge in [-0.2, -0.15) is 0 Å². The molecule has 1 aliphatic rings. The third kappa shape index (κ3) is 3.30. The quantitative estimate of drug-likeness (QED) is 0.723. The van der Waals surface area contributed by atoms with E-state index in [9.17, 15) is 18.0 Å². The maximum absolute atomic E-state index is 12.2. The van der Waals surface area contributed by atoms with Crippen LogP contribution in [-0.4, -0.2) is 44.9 Å². The Morgan fingerprint density at radius 3 is 2.45 bits per heavy atom. The molecular weight excluding hydrogens is 308 g/mol. The number of nitrogens with one attached hydrogen (secondary N) is 2. The van der Waals surface area contributed by atoms with Crippen molar-refractivity contribution in [2.45, 2.75) is 23.8 Å². The number of sulfonamides is 1.